The number of benzene rings is 3. The first kappa shape index (κ1) is 102. The number of pyridine rings is 2. The predicted octanol–water partition coefficient (Wildman–Crippen LogP) is 5.75. The third-order valence-electron chi connectivity index (χ3n) is 24.8. The molecule has 2 aliphatic carbocycles. The zero-order valence-electron chi connectivity index (χ0n) is 76.4. The number of nitrogens with one attached hydrogen (secondary N) is 5. The van der Waals surface area contributed by atoms with Crippen LogP contribution in [0.2, 0.25) is 0 Å². The highest BCUT2D eigenvalue weighted by molar-refractivity contribution is 5.97. The average Bonchev–Trinajstić information content (AvgIpc) is 1.56. The lowest BCUT2D eigenvalue weighted by Gasteiger charge is -2.45. The van der Waals surface area contributed by atoms with Crippen molar-refractivity contribution in [1.82, 2.24) is 41.0 Å². The number of halogens is 1. The van der Waals surface area contributed by atoms with Crippen LogP contribution in [0.1, 0.15) is 167 Å². The highest BCUT2D eigenvalue weighted by atomic mass is 19.1. The first-order valence-electron chi connectivity index (χ1n) is 46.4. The Hall–Kier alpha value is -9.33. The number of anilines is 1. The number of carbonyl (C=O) groups is 8. The summed E-state index contributed by atoms with van der Waals surface area (Å²) < 4.78 is 95.0. The molecular formula is C96H133FN10O24. The van der Waals surface area contributed by atoms with Gasteiger partial charge in [-0.25, -0.2) is 14.2 Å². The van der Waals surface area contributed by atoms with Crippen LogP contribution in [0, 0.1) is 41.8 Å². The lowest BCUT2D eigenvalue weighted by atomic mass is 9.65. The zero-order valence-corrected chi connectivity index (χ0v) is 76.4. The summed E-state index contributed by atoms with van der Waals surface area (Å²) in [5, 5.41) is 26.5. The Kier molecular flexibility index (Phi) is 41.8. The number of aromatic nitrogens is 2. The van der Waals surface area contributed by atoms with Gasteiger partial charge in [-0.05, 0) is 148 Å². The molecule has 0 radical (unpaired) electrons. The minimum Gasteiger partial charge on any atom is -0.458 e. The van der Waals surface area contributed by atoms with E-state index < -0.39 is 71.2 Å². The van der Waals surface area contributed by atoms with Crippen LogP contribution in [0.15, 0.2) is 65.5 Å². The molecule has 35 heteroatoms. The number of hydrogen-bond acceptors (Lipinski definition) is 26. The van der Waals surface area contributed by atoms with Crippen molar-refractivity contribution in [3.63, 3.8) is 0 Å². The lowest BCUT2D eigenvalue weighted by Crippen LogP contribution is -2.56. The molecule has 4 aliphatic heterocycles. The number of ether oxygens (including phenoxy) is 14. The summed E-state index contributed by atoms with van der Waals surface area (Å²) in [5.74, 6) is 2.58. The van der Waals surface area contributed by atoms with Crippen molar-refractivity contribution in [1.29, 1.82) is 0 Å². The van der Waals surface area contributed by atoms with Crippen LogP contribution in [0.5, 0.6) is 0 Å². The van der Waals surface area contributed by atoms with E-state index in [4.69, 9.17) is 77.0 Å². The van der Waals surface area contributed by atoms with Gasteiger partial charge >= 0.3 is 5.97 Å². The summed E-state index contributed by atoms with van der Waals surface area (Å²) >= 11 is 0. The molecule has 5 aromatic rings. The molecule has 6 aliphatic rings. The van der Waals surface area contributed by atoms with Gasteiger partial charge in [-0.2, -0.15) is 0 Å². The zero-order chi connectivity index (χ0) is 92.8. The standard InChI is InChI=1S/C96H133FN10O24/c1-5-96(117)75-60-81-89-73(64-107(81)93(115)74(75)65-131-94(96)116)87-77(20-19-72-67(4)76(97)61-79(102-89)86(72)87)101-83(109)62-100-91(113)78(15-10-11-30-98)103-92(114)88(66(2)3)104-82(108)24-34-118-36-38-120-40-42-122-44-46-124-48-50-126-52-54-128-56-58-130-59-57-129-55-53-127-51-49-125-47-45-123-43-41-121-39-37-119-35-25-84(110)105-32-28-95(29-33-105)26-21-70(22-27-95)90(112)99-31-23-85(111)106-63-71-14-7-6-12-68(71)17-18-69-13-8-9-16-80(69)106/h6-9,12-14,16,60-61,66,70,77-78,88,117H,5,10-11,15,19-59,62-65,98H2,1-4H3,(H,99,112)(H,100,113)(H,101,109)(H,103,114)(H,104,108)/t77-,78-,88-,96-/m0/s1. The second kappa shape index (κ2) is 53.5. The van der Waals surface area contributed by atoms with Crippen molar-refractivity contribution in [2.24, 2.45) is 23.0 Å². The van der Waals surface area contributed by atoms with Crippen LogP contribution in [0.3, 0.4) is 0 Å². The molecule has 11 rings (SSSR count). The second-order valence-corrected chi connectivity index (χ2v) is 33.9. The first-order chi connectivity index (χ1) is 63.7. The molecule has 8 N–H and O–H groups in total. The molecule has 0 bridgehead atoms. The molecular weight excluding hydrogens is 1700 g/mol. The summed E-state index contributed by atoms with van der Waals surface area (Å²) in [5.41, 5.74) is 10.6. The Morgan fingerprint density at radius 3 is 1.69 bits per heavy atom. The summed E-state index contributed by atoms with van der Waals surface area (Å²) in [7, 11) is 0. The molecule has 0 unspecified atom stereocenters. The van der Waals surface area contributed by atoms with Gasteiger partial charge < -0.3 is 118 Å². The number of rotatable bonds is 59. The van der Waals surface area contributed by atoms with E-state index in [2.05, 4.69) is 38.4 Å². The van der Waals surface area contributed by atoms with E-state index >= 15 is 4.39 Å². The molecule has 2 fully saturated rings. The topological polar surface area (TPSA) is 414 Å². The summed E-state index contributed by atoms with van der Waals surface area (Å²) in [6, 6.07) is 15.7. The largest absolute Gasteiger partial charge is 0.458 e. The van der Waals surface area contributed by atoms with Gasteiger partial charge in [0.2, 0.25) is 41.4 Å². The monoisotopic (exact) mass is 1830 g/mol. The Morgan fingerprint density at radius 1 is 0.603 bits per heavy atom. The number of cyclic esters (lactones) is 1. The van der Waals surface area contributed by atoms with Crippen molar-refractivity contribution >= 4 is 63.9 Å². The quantitative estimate of drug-likeness (QED) is 0.0136. The van der Waals surface area contributed by atoms with E-state index in [-0.39, 0.29) is 111 Å². The second-order valence-electron chi connectivity index (χ2n) is 33.9. The Labute approximate surface area is 765 Å². The highest BCUT2D eigenvalue weighted by Gasteiger charge is 2.47. The number of aryl methyl sites for hydroxylation is 1. The molecule has 2 aromatic heterocycles. The third-order valence-corrected chi connectivity index (χ3v) is 24.8. The number of hydrogen-bond donors (Lipinski definition) is 7. The number of likely N-dealkylation sites (tertiary alicyclic amines) is 1. The summed E-state index contributed by atoms with van der Waals surface area (Å²) in [6.45, 7) is 18.5. The summed E-state index contributed by atoms with van der Waals surface area (Å²) in [4.78, 5) is 130. The fourth-order valence-corrected chi connectivity index (χ4v) is 17.3. The molecule has 1 saturated heterocycles. The highest BCUT2D eigenvalue weighted by Crippen LogP contribution is 2.48. The maximum Gasteiger partial charge on any atom is 0.343 e. The van der Waals surface area contributed by atoms with Crippen molar-refractivity contribution in [2.75, 3.05) is 209 Å². The van der Waals surface area contributed by atoms with Crippen molar-refractivity contribution < 1.29 is 114 Å². The van der Waals surface area contributed by atoms with Crippen LogP contribution in [-0.2, 0) is 136 Å². The van der Waals surface area contributed by atoms with Crippen LogP contribution < -0.4 is 42.8 Å². The fraction of sp³-hybridized carbons (Fsp3) is 0.625. The van der Waals surface area contributed by atoms with Crippen molar-refractivity contribution in [2.45, 2.75) is 167 Å². The van der Waals surface area contributed by atoms with E-state index in [1.807, 2.05) is 53.4 Å². The molecule has 6 heterocycles. The predicted molar refractivity (Wildman–Crippen MR) is 481 cm³/mol. The maximum absolute atomic E-state index is 15.5. The van der Waals surface area contributed by atoms with Crippen LogP contribution in [-0.4, -0.2) is 283 Å². The number of piperidine rings is 1. The minimum absolute atomic E-state index is 0.0178. The number of carbonyl (C=O) groups excluding carboxylic acids is 8. The number of unbranched alkanes of at least 4 members (excludes halogenated alkanes) is 1. The number of para-hydroxylation sites is 1. The van der Waals surface area contributed by atoms with Gasteiger partial charge in [-0.1, -0.05) is 62.9 Å². The lowest BCUT2D eigenvalue weighted by molar-refractivity contribution is -0.172. The smallest absolute Gasteiger partial charge is 0.343 e. The minimum atomic E-state index is -2.06. The number of nitrogens with zero attached hydrogens (tertiary/aromatic N) is 4. The van der Waals surface area contributed by atoms with Gasteiger partial charge in [0.05, 0.1) is 232 Å². The molecule has 34 nitrogen and oxygen atoms in total. The number of amides is 7. The van der Waals surface area contributed by atoms with Gasteiger partial charge in [0, 0.05) is 72.1 Å². The molecule has 4 atom stereocenters. The van der Waals surface area contributed by atoms with Gasteiger partial charge in [0.1, 0.15) is 24.5 Å². The van der Waals surface area contributed by atoms with E-state index in [0.717, 1.165) is 79.6 Å². The summed E-state index contributed by atoms with van der Waals surface area (Å²) in [6.07, 6.45) is 7.83. The van der Waals surface area contributed by atoms with Crippen LogP contribution in [0.4, 0.5) is 10.1 Å². The van der Waals surface area contributed by atoms with E-state index in [1.54, 1.807) is 38.7 Å². The average molecular weight is 1830 g/mol. The third kappa shape index (κ3) is 29.8. The number of aliphatic hydroxyl groups is 1. The van der Waals surface area contributed by atoms with Gasteiger partial charge in [-0.15, -0.1) is 0 Å². The van der Waals surface area contributed by atoms with Gasteiger partial charge in [0.25, 0.3) is 5.56 Å². The molecule has 1 saturated carbocycles. The normalized spacial score (nSPS) is 17.0. The van der Waals surface area contributed by atoms with Gasteiger partial charge in [0.15, 0.2) is 5.60 Å². The van der Waals surface area contributed by atoms with Crippen molar-refractivity contribution in [3.05, 3.63) is 127 Å². The Balaban J connectivity index is 0.418. The van der Waals surface area contributed by atoms with Crippen molar-refractivity contribution in [3.8, 4) is 23.2 Å². The Morgan fingerprint density at radius 2 is 1.14 bits per heavy atom. The van der Waals surface area contributed by atoms with Gasteiger partial charge in [-0.3, -0.25) is 38.4 Å². The Bertz CT molecular complexity index is 4720. The molecule has 7 amide bonds. The molecule has 3 aromatic carbocycles. The molecule has 1 spiro atoms. The van der Waals surface area contributed by atoms with Crippen LogP contribution in [0.25, 0.3) is 22.3 Å². The first-order valence-corrected chi connectivity index (χ1v) is 46.4. The number of nitrogens with two attached hydrogens (primary N) is 1. The SMILES string of the molecule is CC[C@@]1(O)C(=O)OCc2c1cc1n(c2=O)Cc2c-1nc1cc(F)c(C)c3c1c2[C@@H](NC(=O)CNC(=O)[C@H](CCCCN)NC(=O)[C@@H](NC(=O)CCOCCOCCOCCOCCOCCOCCOCCOCCOCCOCCOCCOCCOCCC(=O)N1CCC2(CCC(C(=O)NCCC(=O)N4Cc5ccccc5C#Cc5ccccc54)CC2)CC1)C(C)C)CC3. The number of esters is 1. The molecule has 718 valence electrons. The molecule has 131 heavy (non-hydrogen) atoms. The number of fused-ring (bicyclic) bond motifs is 7. The van der Waals surface area contributed by atoms with E-state index in [0.29, 0.717) is 236 Å². The van der Waals surface area contributed by atoms with E-state index in [9.17, 15) is 48.3 Å². The van der Waals surface area contributed by atoms with Crippen LogP contribution >= 0.6 is 0 Å². The fourth-order valence-electron chi connectivity index (χ4n) is 17.3. The van der Waals surface area contributed by atoms with E-state index in [1.165, 1.54) is 10.6 Å². The maximum atomic E-state index is 15.5.